The molecule has 1 heteroatoms. The summed E-state index contributed by atoms with van der Waals surface area (Å²) in [5.74, 6) is 0.935. The topological polar surface area (TPSA) is 3.01 Å². The summed E-state index contributed by atoms with van der Waals surface area (Å²) < 4.78 is 2.67. The van der Waals surface area contributed by atoms with Crippen LogP contribution < -0.4 is 0 Å². The van der Waals surface area contributed by atoms with Crippen LogP contribution in [-0.4, -0.2) is 22.9 Å². The van der Waals surface area contributed by atoms with Crippen LogP contribution in [0.15, 0.2) is 0 Å². The Morgan fingerprint density at radius 3 is 3.00 bits per heavy atom. The molecule has 0 amide bonds. The number of fused-ring (bicyclic) bond motifs is 1. The lowest BCUT2D eigenvalue weighted by Crippen LogP contribution is -2.40. The van der Waals surface area contributed by atoms with E-state index in [0.29, 0.717) is 0 Å². The van der Waals surface area contributed by atoms with E-state index in [2.05, 4.69) is 18.4 Å². The maximum Gasteiger partial charge on any atom is 0.152 e. The van der Waals surface area contributed by atoms with Crippen molar-refractivity contribution in [1.29, 1.82) is 0 Å². The summed E-state index contributed by atoms with van der Waals surface area (Å²) in [7, 11) is 0. The normalized spacial score (nSPS) is 36.5. The average Bonchev–Trinajstić information content (AvgIpc) is 2.04. The molecule has 2 aliphatic rings. The minimum Gasteiger partial charge on any atom is -0.235 e. The van der Waals surface area contributed by atoms with E-state index in [4.69, 9.17) is 0 Å². The quantitative estimate of drug-likeness (QED) is 0.486. The fourth-order valence-electron chi connectivity index (χ4n) is 2.92. The first-order valence-corrected chi connectivity index (χ1v) is 5.36. The molecule has 0 radical (unpaired) electrons. The molecule has 12 heavy (non-hydrogen) atoms. The number of nitrogens with zero attached hydrogens (tertiary/aromatic N) is 1. The molecule has 2 rings (SSSR count). The summed E-state index contributed by atoms with van der Waals surface area (Å²) >= 11 is 0. The summed E-state index contributed by atoms with van der Waals surface area (Å²) in [6.45, 7) is 6.06. The molecule has 2 heterocycles. The Labute approximate surface area is 75.5 Å². The van der Waals surface area contributed by atoms with Gasteiger partial charge in [0.25, 0.3) is 0 Å². The molecule has 2 aliphatic heterocycles. The highest BCUT2D eigenvalue weighted by molar-refractivity contribution is 5.77. The van der Waals surface area contributed by atoms with Crippen LogP contribution in [0.2, 0.25) is 0 Å². The Hall–Kier alpha value is -0.330. The van der Waals surface area contributed by atoms with Crippen LogP contribution >= 0.6 is 0 Å². The lowest BCUT2D eigenvalue weighted by atomic mass is 9.87. The van der Waals surface area contributed by atoms with E-state index in [9.17, 15) is 0 Å². The van der Waals surface area contributed by atoms with Crippen molar-refractivity contribution in [3.05, 3.63) is 0 Å². The van der Waals surface area contributed by atoms with Gasteiger partial charge in [0.1, 0.15) is 12.3 Å². The zero-order chi connectivity index (χ0) is 8.55. The van der Waals surface area contributed by atoms with Gasteiger partial charge in [0.05, 0.1) is 0 Å². The first-order valence-electron chi connectivity index (χ1n) is 5.36. The molecule has 1 fully saturated rings. The van der Waals surface area contributed by atoms with Crippen LogP contribution in [-0.2, 0) is 0 Å². The van der Waals surface area contributed by atoms with Crippen LogP contribution in [0.3, 0.4) is 0 Å². The van der Waals surface area contributed by atoms with Crippen LogP contribution in [0.5, 0.6) is 0 Å². The predicted octanol–water partition coefficient (Wildman–Crippen LogP) is 2.44. The fraction of sp³-hybridized carbons (Fsp3) is 0.909. The summed E-state index contributed by atoms with van der Waals surface area (Å²) in [6.07, 6.45) is 7.11. The molecule has 2 atom stereocenters. The third-order valence-corrected chi connectivity index (χ3v) is 3.44. The first kappa shape index (κ1) is 8.28. The van der Waals surface area contributed by atoms with Gasteiger partial charge in [-0.3, -0.25) is 0 Å². The number of hydrogen-bond acceptors (Lipinski definition) is 0. The van der Waals surface area contributed by atoms with Crippen molar-refractivity contribution >= 4 is 5.71 Å². The minimum atomic E-state index is 0.905. The van der Waals surface area contributed by atoms with Gasteiger partial charge >= 0.3 is 0 Å². The molecule has 0 N–H and O–H groups in total. The van der Waals surface area contributed by atoms with Gasteiger partial charge < -0.3 is 0 Å². The van der Waals surface area contributed by atoms with Crippen molar-refractivity contribution in [1.82, 2.24) is 0 Å². The Morgan fingerprint density at radius 1 is 1.33 bits per heavy atom. The first-order chi connectivity index (χ1) is 5.77. The molecule has 0 aromatic carbocycles. The molecule has 0 aromatic rings. The monoisotopic (exact) mass is 166 g/mol. The Kier molecular flexibility index (Phi) is 2.20. The minimum absolute atomic E-state index is 0.905. The van der Waals surface area contributed by atoms with E-state index in [0.717, 1.165) is 12.0 Å². The van der Waals surface area contributed by atoms with Crippen molar-refractivity contribution in [2.75, 3.05) is 6.54 Å². The van der Waals surface area contributed by atoms with Crippen molar-refractivity contribution in [3.8, 4) is 0 Å². The van der Waals surface area contributed by atoms with Gasteiger partial charge in [-0.1, -0.05) is 6.92 Å². The maximum atomic E-state index is 2.67. The van der Waals surface area contributed by atoms with Crippen LogP contribution in [0, 0.1) is 5.92 Å². The average molecular weight is 166 g/mol. The molecule has 0 spiro atoms. The summed E-state index contributed by atoms with van der Waals surface area (Å²) in [4.78, 5) is 0. The molecular weight excluding hydrogens is 146 g/mol. The number of rotatable bonds is 0. The van der Waals surface area contributed by atoms with Crippen molar-refractivity contribution in [2.45, 2.75) is 52.0 Å². The largest absolute Gasteiger partial charge is 0.235 e. The van der Waals surface area contributed by atoms with Gasteiger partial charge in [0, 0.05) is 32.6 Å². The smallest absolute Gasteiger partial charge is 0.152 e. The van der Waals surface area contributed by atoms with Crippen LogP contribution in [0.25, 0.3) is 0 Å². The van der Waals surface area contributed by atoms with E-state index >= 15 is 0 Å². The van der Waals surface area contributed by atoms with Gasteiger partial charge in [-0.15, -0.1) is 0 Å². The van der Waals surface area contributed by atoms with Gasteiger partial charge in [-0.05, 0) is 12.3 Å². The molecule has 0 aliphatic carbocycles. The molecule has 0 bridgehead atoms. The second kappa shape index (κ2) is 3.20. The van der Waals surface area contributed by atoms with Crippen molar-refractivity contribution in [2.24, 2.45) is 5.92 Å². The van der Waals surface area contributed by atoms with Gasteiger partial charge in [0.2, 0.25) is 0 Å². The maximum absolute atomic E-state index is 2.67. The number of hydrogen-bond donors (Lipinski definition) is 0. The molecule has 2 unspecified atom stereocenters. The van der Waals surface area contributed by atoms with E-state index in [1.54, 1.807) is 5.71 Å². The lowest BCUT2D eigenvalue weighted by Gasteiger charge is -2.29. The molecular formula is C11H20N+. The fourth-order valence-corrected chi connectivity index (χ4v) is 2.92. The molecule has 68 valence electrons. The lowest BCUT2D eigenvalue weighted by molar-refractivity contribution is -0.584. The Morgan fingerprint density at radius 2 is 2.17 bits per heavy atom. The molecule has 0 aromatic heterocycles. The second-order valence-corrected chi connectivity index (χ2v) is 4.62. The standard InChI is InChI=1S/C11H20N/c1-9-7-10(2)12-6-4-3-5-11(12)8-9/h9,11H,3-8H2,1-2H3/q+1. The Bertz CT molecular complexity index is 205. The molecule has 0 saturated carbocycles. The zero-order valence-corrected chi connectivity index (χ0v) is 8.34. The van der Waals surface area contributed by atoms with E-state index < -0.39 is 0 Å². The molecule has 1 nitrogen and oxygen atoms in total. The number of piperidine rings is 1. The van der Waals surface area contributed by atoms with Gasteiger partial charge in [-0.25, -0.2) is 4.58 Å². The van der Waals surface area contributed by atoms with Crippen LogP contribution in [0.4, 0.5) is 0 Å². The van der Waals surface area contributed by atoms with E-state index in [1.807, 2.05) is 0 Å². The van der Waals surface area contributed by atoms with Crippen LogP contribution in [0.1, 0.15) is 46.0 Å². The van der Waals surface area contributed by atoms with Crippen molar-refractivity contribution < 1.29 is 4.58 Å². The summed E-state index contributed by atoms with van der Waals surface area (Å²) in [5, 5.41) is 0. The van der Waals surface area contributed by atoms with E-state index in [-0.39, 0.29) is 0 Å². The Balaban J connectivity index is 2.19. The van der Waals surface area contributed by atoms with E-state index in [1.165, 1.54) is 38.6 Å². The van der Waals surface area contributed by atoms with Crippen molar-refractivity contribution in [3.63, 3.8) is 0 Å². The zero-order valence-electron chi connectivity index (χ0n) is 8.34. The highest BCUT2D eigenvalue weighted by Crippen LogP contribution is 2.26. The summed E-state index contributed by atoms with van der Waals surface area (Å²) in [5.41, 5.74) is 1.65. The predicted molar refractivity (Wildman–Crippen MR) is 51.8 cm³/mol. The van der Waals surface area contributed by atoms with Gasteiger partial charge in [0.15, 0.2) is 6.04 Å². The van der Waals surface area contributed by atoms with Gasteiger partial charge in [-0.2, -0.15) is 0 Å². The third kappa shape index (κ3) is 1.41. The third-order valence-electron chi connectivity index (χ3n) is 3.44. The molecule has 1 saturated heterocycles. The SMILES string of the molecule is CC1=[N+]2CCCCC2CC(C)C1. The highest BCUT2D eigenvalue weighted by atomic mass is 15.1. The highest BCUT2D eigenvalue weighted by Gasteiger charge is 2.33. The summed E-state index contributed by atoms with van der Waals surface area (Å²) in [6, 6.07) is 0.905. The second-order valence-electron chi connectivity index (χ2n) is 4.62.